The first-order valence-corrected chi connectivity index (χ1v) is 9.14. The van der Waals surface area contributed by atoms with E-state index in [0.29, 0.717) is 17.3 Å². The van der Waals surface area contributed by atoms with E-state index in [4.69, 9.17) is 12.2 Å². The largest absolute Gasteiger partial charge is 0.416 e. The van der Waals surface area contributed by atoms with Crippen LogP contribution < -0.4 is 5.32 Å². The van der Waals surface area contributed by atoms with Crippen LogP contribution in [0.15, 0.2) is 67.1 Å². The van der Waals surface area contributed by atoms with Gasteiger partial charge in [0.05, 0.1) is 11.6 Å². The lowest BCUT2D eigenvalue weighted by molar-refractivity contribution is -0.137. The van der Waals surface area contributed by atoms with Crippen LogP contribution in [0, 0.1) is 0 Å². The second kappa shape index (κ2) is 7.27. The van der Waals surface area contributed by atoms with Crippen LogP contribution in [0.5, 0.6) is 0 Å². The van der Waals surface area contributed by atoms with Gasteiger partial charge in [0.2, 0.25) is 0 Å². The second-order valence-electron chi connectivity index (χ2n) is 6.51. The standard InChI is InChI=1S/C20H17F3N4S/c21-20(22,23)15-5-7-16(8-6-15)25-19(28)27-12-11-26-10-2-4-17(26)18(27)14-3-1-9-24-13-14/h1-10,13,18H,11-12H2,(H,25,28)/t18-/m0/s1. The van der Waals surface area contributed by atoms with E-state index in [1.165, 1.54) is 12.1 Å². The van der Waals surface area contributed by atoms with Gasteiger partial charge in [-0.3, -0.25) is 4.98 Å². The highest BCUT2D eigenvalue weighted by atomic mass is 32.1. The Kier molecular flexibility index (Phi) is 4.80. The van der Waals surface area contributed by atoms with Crippen molar-refractivity contribution in [1.29, 1.82) is 0 Å². The van der Waals surface area contributed by atoms with Crippen LogP contribution in [0.2, 0.25) is 0 Å². The number of thiocarbonyl (C=S) groups is 1. The molecule has 144 valence electrons. The van der Waals surface area contributed by atoms with Gasteiger partial charge in [-0.1, -0.05) is 6.07 Å². The van der Waals surface area contributed by atoms with E-state index in [2.05, 4.69) is 14.9 Å². The fourth-order valence-corrected chi connectivity index (χ4v) is 3.74. The number of aromatic nitrogens is 2. The first-order valence-electron chi connectivity index (χ1n) is 8.73. The number of pyridine rings is 1. The minimum Gasteiger partial charge on any atom is -0.348 e. The van der Waals surface area contributed by atoms with E-state index >= 15 is 0 Å². The predicted molar refractivity (Wildman–Crippen MR) is 105 cm³/mol. The fraction of sp³-hybridized carbons (Fsp3) is 0.200. The molecule has 0 radical (unpaired) electrons. The van der Waals surface area contributed by atoms with Crippen LogP contribution >= 0.6 is 12.2 Å². The SMILES string of the molecule is FC(F)(F)c1ccc(NC(=S)N2CCn3cccc3[C@@H]2c2cccnc2)cc1. The summed E-state index contributed by atoms with van der Waals surface area (Å²) in [5.74, 6) is 0. The summed E-state index contributed by atoms with van der Waals surface area (Å²) in [6.07, 6.45) is 1.20. The number of rotatable bonds is 2. The molecule has 0 amide bonds. The maximum Gasteiger partial charge on any atom is 0.416 e. The molecule has 28 heavy (non-hydrogen) atoms. The molecule has 4 nitrogen and oxygen atoms in total. The first kappa shape index (κ1) is 18.5. The Labute approximate surface area is 165 Å². The summed E-state index contributed by atoms with van der Waals surface area (Å²) in [7, 11) is 0. The highest BCUT2D eigenvalue weighted by Crippen LogP contribution is 2.33. The third-order valence-electron chi connectivity index (χ3n) is 4.76. The number of alkyl halides is 3. The molecule has 0 fully saturated rings. The van der Waals surface area contributed by atoms with Crippen molar-refractivity contribution in [1.82, 2.24) is 14.5 Å². The minimum absolute atomic E-state index is 0.119. The van der Waals surface area contributed by atoms with Gasteiger partial charge in [0.1, 0.15) is 0 Å². The highest BCUT2D eigenvalue weighted by molar-refractivity contribution is 7.80. The zero-order valence-corrected chi connectivity index (χ0v) is 15.5. The number of benzene rings is 1. The molecule has 0 aliphatic carbocycles. The Morgan fingerprint density at radius 1 is 1.07 bits per heavy atom. The van der Waals surface area contributed by atoms with Gasteiger partial charge in [-0.25, -0.2) is 0 Å². The van der Waals surface area contributed by atoms with Crippen molar-refractivity contribution in [3.05, 3.63) is 83.9 Å². The molecule has 0 saturated heterocycles. The number of nitrogens with one attached hydrogen (secondary N) is 1. The number of hydrogen-bond donors (Lipinski definition) is 1. The summed E-state index contributed by atoms with van der Waals surface area (Å²) in [6.45, 7) is 1.45. The Hall–Kier alpha value is -2.87. The average Bonchev–Trinajstić information content (AvgIpc) is 3.16. The van der Waals surface area contributed by atoms with Gasteiger partial charge in [-0.2, -0.15) is 13.2 Å². The van der Waals surface area contributed by atoms with Crippen LogP contribution in [0.1, 0.15) is 22.9 Å². The smallest absolute Gasteiger partial charge is 0.348 e. The third-order valence-corrected chi connectivity index (χ3v) is 5.10. The van der Waals surface area contributed by atoms with Gasteiger partial charge >= 0.3 is 6.18 Å². The van der Waals surface area contributed by atoms with E-state index < -0.39 is 11.7 Å². The summed E-state index contributed by atoms with van der Waals surface area (Å²) in [5.41, 5.74) is 1.92. The first-order chi connectivity index (χ1) is 13.4. The van der Waals surface area contributed by atoms with Crippen LogP contribution in [0.3, 0.4) is 0 Å². The molecular weight excluding hydrogens is 385 g/mol. The van der Waals surface area contributed by atoms with Crippen LogP contribution in [0.25, 0.3) is 0 Å². The molecule has 1 aliphatic heterocycles. The normalized spacial score (nSPS) is 16.5. The van der Waals surface area contributed by atoms with Crippen LogP contribution in [-0.4, -0.2) is 26.1 Å². The molecule has 3 heterocycles. The molecule has 1 aromatic carbocycles. The van der Waals surface area contributed by atoms with Gasteiger partial charge in [-0.15, -0.1) is 0 Å². The molecule has 0 bridgehead atoms. The zero-order chi connectivity index (χ0) is 19.7. The summed E-state index contributed by atoms with van der Waals surface area (Å²) < 4.78 is 40.5. The van der Waals surface area contributed by atoms with Gasteiger partial charge in [-0.05, 0) is 60.2 Å². The maximum absolute atomic E-state index is 12.8. The molecule has 0 unspecified atom stereocenters. The lowest BCUT2D eigenvalue weighted by Gasteiger charge is -2.38. The Morgan fingerprint density at radius 3 is 2.54 bits per heavy atom. The van der Waals surface area contributed by atoms with Crippen molar-refractivity contribution in [2.45, 2.75) is 18.8 Å². The van der Waals surface area contributed by atoms with E-state index in [1.807, 2.05) is 35.4 Å². The van der Waals surface area contributed by atoms with Crippen molar-refractivity contribution in [2.24, 2.45) is 0 Å². The Balaban J connectivity index is 1.59. The molecule has 4 rings (SSSR count). The van der Waals surface area contributed by atoms with Crippen molar-refractivity contribution < 1.29 is 13.2 Å². The van der Waals surface area contributed by atoms with Gasteiger partial charge < -0.3 is 14.8 Å². The quantitative estimate of drug-likeness (QED) is 0.630. The zero-order valence-electron chi connectivity index (χ0n) is 14.7. The number of halogens is 3. The topological polar surface area (TPSA) is 33.1 Å². The number of nitrogens with zero attached hydrogens (tertiary/aromatic N) is 3. The predicted octanol–water partition coefficient (Wildman–Crippen LogP) is 4.70. The highest BCUT2D eigenvalue weighted by Gasteiger charge is 2.32. The third kappa shape index (κ3) is 3.60. The molecule has 1 aliphatic rings. The van der Waals surface area contributed by atoms with Gasteiger partial charge in [0.25, 0.3) is 0 Å². The lowest BCUT2D eigenvalue weighted by Crippen LogP contribution is -2.44. The molecule has 3 aromatic rings. The molecular formula is C20H17F3N4S. The monoisotopic (exact) mass is 402 g/mol. The van der Waals surface area contributed by atoms with Crippen molar-refractivity contribution in [3.63, 3.8) is 0 Å². The van der Waals surface area contributed by atoms with Gasteiger partial charge in [0, 0.05) is 43.1 Å². The molecule has 1 N–H and O–H groups in total. The second-order valence-corrected chi connectivity index (χ2v) is 6.90. The molecule has 2 aromatic heterocycles. The summed E-state index contributed by atoms with van der Waals surface area (Å²) >= 11 is 5.61. The minimum atomic E-state index is -4.36. The Morgan fingerprint density at radius 2 is 1.86 bits per heavy atom. The Bertz CT molecular complexity index is 967. The van der Waals surface area contributed by atoms with Crippen molar-refractivity contribution >= 4 is 23.0 Å². The van der Waals surface area contributed by atoms with Crippen molar-refractivity contribution in [2.75, 3.05) is 11.9 Å². The van der Waals surface area contributed by atoms with Crippen LogP contribution in [0.4, 0.5) is 18.9 Å². The number of hydrogen-bond acceptors (Lipinski definition) is 2. The molecule has 0 spiro atoms. The van der Waals surface area contributed by atoms with Gasteiger partial charge in [0.15, 0.2) is 5.11 Å². The lowest BCUT2D eigenvalue weighted by atomic mass is 10.0. The number of anilines is 1. The fourth-order valence-electron chi connectivity index (χ4n) is 3.43. The summed E-state index contributed by atoms with van der Waals surface area (Å²) in [5, 5.41) is 3.53. The van der Waals surface area contributed by atoms with Crippen LogP contribution in [-0.2, 0) is 12.7 Å². The summed E-state index contributed by atoms with van der Waals surface area (Å²) in [6, 6.07) is 12.7. The van der Waals surface area contributed by atoms with Crippen molar-refractivity contribution in [3.8, 4) is 0 Å². The average molecular weight is 402 g/mol. The molecule has 8 heteroatoms. The molecule has 1 atom stereocenters. The van der Waals surface area contributed by atoms with E-state index in [9.17, 15) is 13.2 Å². The number of fused-ring (bicyclic) bond motifs is 1. The van der Waals surface area contributed by atoms with E-state index in [-0.39, 0.29) is 6.04 Å². The molecule has 0 saturated carbocycles. The maximum atomic E-state index is 12.8. The summed E-state index contributed by atoms with van der Waals surface area (Å²) in [4.78, 5) is 6.26. The van der Waals surface area contributed by atoms with E-state index in [1.54, 1.807) is 12.4 Å². The van der Waals surface area contributed by atoms with E-state index in [0.717, 1.165) is 29.9 Å².